The monoisotopic (exact) mass is 215 g/mol. The van der Waals surface area contributed by atoms with Gasteiger partial charge in [0, 0.05) is 23.5 Å². The Bertz CT molecular complexity index is 529. The van der Waals surface area contributed by atoms with Crippen LogP contribution in [0.15, 0.2) is 30.5 Å². The van der Waals surface area contributed by atoms with Gasteiger partial charge in [-0.15, -0.1) is 0 Å². The first-order valence-electron chi connectivity index (χ1n) is 5.53. The van der Waals surface area contributed by atoms with Gasteiger partial charge in [-0.3, -0.25) is 4.79 Å². The standard InChI is InChI=1S/C13H13NO2/c15-13-5-6-16-8-11(13)10-7-14-12-4-2-1-3-9(10)12/h1-4,7,11,14H,5-6,8H2. The van der Waals surface area contributed by atoms with E-state index < -0.39 is 0 Å². The molecule has 1 aliphatic rings. The zero-order chi connectivity index (χ0) is 11.0. The Labute approximate surface area is 93.4 Å². The van der Waals surface area contributed by atoms with Crippen LogP contribution in [0.2, 0.25) is 0 Å². The Morgan fingerprint density at radius 3 is 3.06 bits per heavy atom. The van der Waals surface area contributed by atoms with Crippen LogP contribution in [0.5, 0.6) is 0 Å². The molecule has 0 saturated carbocycles. The number of Topliss-reactive ketones (excluding diaryl/α,β-unsaturated/α-hetero) is 1. The summed E-state index contributed by atoms with van der Waals surface area (Å²) >= 11 is 0. The molecule has 82 valence electrons. The second kappa shape index (κ2) is 3.76. The van der Waals surface area contributed by atoms with Crippen LogP contribution in [0, 0.1) is 0 Å². The van der Waals surface area contributed by atoms with E-state index in [1.807, 2.05) is 30.5 Å². The van der Waals surface area contributed by atoms with Crippen LogP contribution >= 0.6 is 0 Å². The molecule has 3 rings (SSSR count). The van der Waals surface area contributed by atoms with E-state index in [4.69, 9.17) is 4.74 Å². The largest absolute Gasteiger partial charge is 0.380 e. The van der Waals surface area contributed by atoms with Gasteiger partial charge < -0.3 is 9.72 Å². The molecule has 1 fully saturated rings. The van der Waals surface area contributed by atoms with Gasteiger partial charge in [-0.25, -0.2) is 0 Å². The van der Waals surface area contributed by atoms with Crippen LogP contribution in [0.3, 0.4) is 0 Å². The highest BCUT2D eigenvalue weighted by Gasteiger charge is 2.26. The average Bonchev–Trinajstić information content (AvgIpc) is 2.74. The van der Waals surface area contributed by atoms with Gasteiger partial charge in [0.25, 0.3) is 0 Å². The number of para-hydroxylation sites is 1. The molecule has 0 radical (unpaired) electrons. The predicted molar refractivity (Wildman–Crippen MR) is 61.5 cm³/mol. The molecule has 0 aliphatic carbocycles. The molecule has 1 aromatic heterocycles. The molecule has 0 bridgehead atoms. The second-order valence-electron chi connectivity index (χ2n) is 4.13. The van der Waals surface area contributed by atoms with Crippen LogP contribution in [-0.2, 0) is 9.53 Å². The Kier molecular flexibility index (Phi) is 2.26. The third-order valence-electron chi connectivity index (χ3n) is 3.16. The highest BCUT2D eigenvalue weighted by Crippen LogP contribution is 2.29. The molecule has 2 heterocycles. The fourth-order valence-electron chi connectivity index (χ4n) is 2.29. The number of aromatic nitrogens is 1. The van der Waals surface area contributed by atoms with Crippen LogP contribution in [-0.4, -0.2) is 24.0 Å². The lowest BCUT2D eigenvalue weighted by atomic mass is 9.92. The lowest BCUT2D eigenvalue weighted by molar-refractivity contribution is -0.126. The van der Waals surface area contributed by atoms with Gasteiger partial charge in [-0.1, -0.05) is 18.2 Å². The number of carbonyl (C=O) groups is 1. The van der Waals surface area contributed by atoms with Gasteiger partial charge in [-0.05, 0) is 11.6 Å². The zero-order valence-corrected chi connectivity index (χ0v) is 8.90. The third-order valence-corrected chi connectivity index (χ3v) is 3.16. The molecule has 2 aromatic rings. The predicted octanol–water partition coefficient (Wildman–Crippen LogP) is 2.24. The van der Waals surface area contributed by atoms with E-state index in [-0.39, 0.29) is 11.7 Å². The first-order chi connectivity index (χ1) is 7.86. The number of nitrogens with one attached hydrogen (secondary N) is 1. The summed E-state index contributed by atoms with van der Waals surface area (Å²) in [5, 5.41) is 1.13. The van der Waals surface area contributed by atoms with Gasteiger partial charge in [-0.2, -0.15) is 0 Å². The van der Waals surface area contributed by atoms with Crippen molar-refractivity contribution in [3.8, 4) is 0 Å². The van der Waals surface area contributed by atoms with Gasteiger partial charge in [0.15, 0.2) is 0 Å². The number of ketones is 1. The number of aromatic amines is 1. The van der Waals surface area contributed by atoms with Gasteiger partial charge in [0.05, 0.1) is 19.1 Å². The number of fused-ring (bicyclic) bond motifs is 1. The van der Waals surface area contributed by atoms with E-state index in [9.17, 15) is 4.79 Å². The van der Waals surface area contributed by atoms with Crippen molar-refractivity contribution in [3.63, 3.8) is 0 Å². The smallest absolute Gasteiger partial charge is 0.145 e. The fraction of sp³-hybridized carbons (Fsp3) is 0.308. The number of benzene rings is 1. The number of hydrogen-bond acceptors (Lipinski definition) is 2. The van der Waals surface area contributed by atoms with Crippen LogP contribution < -0.4 is 0 Å². The van der Waals surface area contributed by atoms with E-state index in [1.165, 1.54) is 0 Å². The fourth-order valence-corrected chi connectivity index (χ4v) is 2.29. The van der Waals surface area contributed by atoms with Crippen molar-refractivity contribution in [3.05, 3.63) is 36.0 Å². The Morgan fingerprint density at radius 1 is 1.31 bits per heavy atom. The summed E-state index contributed by atoms with van der Waals surface area (Å²) in [5.41, 5.74) is 2.15. The van der Waals surface area contributed by atoms with Crippen molar-refractivity contribution >= 4 is 16.7 Å². The van der Waals surface area contributed by atoms with Crippen molar-refractivity contribution < 1.29 is 9.53 Å². The summed E-state index contributed by atoms with van der Waals surface area (Å²) in [7, 11) is 0. The Morgan fingerprint density at radius 2 is 2.19 bits per heavy atom. The molecule has 3 nitrogen and oxygen atoms in total. The summed E-state index contributed by atoms with van der Waals surface area (Å²) in [4.78, 5) is 15.0. The van der Waals surface area contributed by atoms with Gasteiger partial charge >= 0.3 is 0 Å². The molecule has 1 N–H and O–H groups in total. The zero-order valence-electron chi connectivity index (χ0n) is 8.90. The van der Waals surface area contributed by atoms with Crippen molar-refractivity contribution in [2.75, 3.05) is 13.2 Å². The third kappa shape index (κ3) is 1.44. The van der Waals surface area contributed by atoms with Gasteiger partial charge in [0.1, 0.15) is 5.78 Å². The summed E-state index contributed by atoms with van der Waals surface area (Å²) in [6.45, 7) is 1.08. The Balaban J connectivity index is 2.08. The maximum Gasteiger partial charge on any atom is 0.145 e. The minimum Gasteiger partial charge on any atom is -0.380 e. The number of hydrogen-bond donors (Lipinski definition) is 1. The van der Waals surface area contributed by atoms with Crippen LogP contribution in [0.25, 0.3) is 10.9 Å². The molecular formula is C13H13NO2. The average molecular weight is 215 g/mol. The summed E-state index contributed by atoms with van der Waals surface area (Å²) < 4.78 is 5.39. The minimum absolute atomic E-state index is 0.0927. The highest BCUT2D eigenvalue weighted by atomic mass is 16.5. The molecule has 1 aromatic carbocycles. The highest BCUT2D eigenvalue weighted by molar-refractivity contribution is 5.93. The molecule has 1 atom stereocenters. The SMILES string of the molecule is O=C1CCOCC1c1c[nH]c2ccccc12. The normalized spacial score (nSPS) is 21.5. The lowest BCUT2D eigenvalue weighted by Crippen LogP contribution is -2.25. The number of H-pyrrole nitrogens is 1. The van der Waals surface area contributed by atoms with E-state index >= 15 is 0 Å². The molecule has 1 aliphatic heterocycles. The van der Waals surface area contributed by atoms with E-state index in [0.29, 0.717) is 19.6 Å². The maximum atomic E-state index is 11.8. The topological polar surface area (TPSA) is 42.1 Å². The lowest BCUT2D eigenvalue weighted by Gasteiger charge is -2.20. The van der Waals surface area contributed by atoms with Crippen LogP contribution in [0.4, 0.5) is 0 Å². The van der Waals surface area contributed by atoms with E-state index in [2.05, 4.69) is 4.98 Å². The van der Waals surface area contributed by atoms with Gasteiger partial charge in [0.2, 0.25) is 0 Å². The van der Waals surface area contributed by atoms with Crippen molar-refractivity contribution in [1.82, 2.24) is 4.98 Å². The van der Waals surface area contributed by atoms with Crippen LogP contribution in [0.1, 0.15) is 17.9 Å². The molecule has 0 spiro atoms. The minimum atomic E-state index is -0.0927. The van der Waals surface area contributed by atoms with E-state index in [1.54, 1.807) is 0 Å². The molecule has 1 saturated heterocycles. The quantitative estimate of drug-likeness (QED) is 0.792. The molecule has 1 unspecified atom stereocenters. The maximum absolute atomic E-state index is 11.8. The number of rotatable bonds is 1. The number of carbonyl (C=O) groups excluding carboxylic acids is 1. The van der Waals surface area contributed by atoms with Crippen molar-refractivity contribution in [2.24, 2.45) is 0 Å². The first-order valence-corrected chi connectivity index (χ1v) is 5.53. The van der Waals surface area contributed by atoms with E-state index in [0.717, 1.165) is 16.5 Å². The molecule has 0 amide bonds. The summed E-state index contributed by atoms with van der Waals surface area (Å²) in [5.74, 6) is 0.195. The molecule has 16 heavy (non-hydrogen) atoms. The summed E-state index contributed by atoms with van der Waals surface area (Å²) in [6, 6.07) is 8.05. The van der Waals surface area contributed by atoms with Crippen molar-refractivity contribution in [2.45, 2.75) is 12.3 Å². The molecular weight excluding hydrogens is 202 g/mol. The summed E-state index contributed by atoms with van der Waals surface area (Å²) in [6.07, 6.45) is 2.46. The second-order valence-corrected chi connectivity index (χ2v) is 4.13. The molecule has 3 heteroatoms. The first kappa shape index (κ1) is 9.60. The number of ether oxygens (including phenoxy) is 1. The Hall–Kier alpha value is -1.61. The van der Waals surface area contributed by atoms with Crippen molar-refractivity contribution in [1.29, 1.82) is 0 Å².